The highest BCUT2D eigenvalue weighted by Crippen LogP contribution is 2.22. The van der Waals surface area contributed by atoms with Crippen molar-refractivity contribution in [1.29, 1.82) is 0 Å². The number of hydrogen-bond acceptors (Lipinski definition) is 5. The minimum Gasteiger partial charge on any atom is -0.373 e. The Bertz CT molecular complexity index is 377. The number of hydrogen-bond donors (Lipinski definition) is 1. The fourth-order valence-corrected chi connectivity index (χ4v) is 3.96. The van der Waals surface area contributed by atoms with Crippen LogP contribution in [0.25, 0.3) is 0 Å². The average molecular weight is 311 g/mol. The molecule has 0 spiro atoms. The number of ether oxygens (including phenoxy) is 2. The molecule has 0 radical (unpaired) electrons. The maximum atomic E-state index is 12.7. The molecule has 0 aromatic heterocycles. The van der Waals surface area contributed by atoms with Crippen LogP contribution in [0.15, 0.2) is 0 Å². The lowest BCUT2D eigenvalue weighted by molar-refractivity contribution is -0.146. The zero-order valence-electron chi connectivity index (χ0n) is 13.8. The summed E-state index contributed by atoms with van der Waals surface area (Å²) in [5.41, 5.74) is 0. The van der Waals surface area contributed by atoms with Gasteiger partial charge in [-0.2, -0.15) is 0 Å². The minimum absolute atomic E-state index is 0.170. The Hall–Kier alpha value is -0.690. The standard InChI is InChI=1S/C16H29N3O3/c1-12-9-18(10-13(2)22-12)11-14-4-3-6-19(14)16(20)15-8-17-5-7-21-15/h12-15,17H,3-11H2,1-2H3/t12-,13-,14+,15+/m1/s1. The van der Waals surface area contributed by atoms with E-state index in [4.69, 9.17) is 9.47 Å². The monoisotopic (exact) mass is 311 g/mol. The molecule has 3 saturated heterocycles. The summed E-state index contributed by atoms with van der Waals surface area (Å²) >= 11 is 0. The molecule has 22 heavy (non-hydrogen) atoms. The van der Waals surface area contributed by atoms with E-state index < -0.39 is 0 Å². The third-order valence-electron chi connectivity index (χ3n) is 4.83. The van der Waals surface area contributed by atoms with Crippen molar-refractivity contribution in [2.75, 3.05) is 45.9 Å². The number of carbonyl (C=O) groups is 1. The number of nitrogens with zero attached hydrogens (tertiary/aromatic N) is 2. The molecule has 3 rings (SSSR count). The van der Waals surface area contributed by atoms with Crippen molar-refractivity contribution in [2.45, 2.75) is 51.0 Å². The van der Waals surface area contributed by atoms with Crippen LogP contribution < -0.4 is 5.32 Å². The molecule has 0 saturated carbocycles. The van der Waals surface area contributed by atoms with Crippen molar-refractivity contribution in [3.8, 4) is 0 Å². The second-order valence-electron chi connectivity index (χ2n) is 6.87. The molecule has 126 valence electrons. The van der Waals surface area contributed by atoms with Crippen LogP contribution in [-0.2, 0) is 14.3 Å². The smallest absolute Gasteiger partial charge is 0.253 e. The van der Waals surface area contributed by atoms with Crippen LogP contribution >= 0.6 is 0 Å². The topological polar surface area (TPSA) is 54.0 Å². The van der Waals surface area contributed by atoms with E-state index in [-0.39, 0.29) is 24.2 Å². The van der Waals surface area contributed by atoms with Gasteiger partial charge in [0.25, 0.3) is 5.91 Å². The molecule has 3 heterocycles. The zero-order chi connectivity index (χ0) is 15.5. The van der Waals surface area contributed by atoms with E-state index in [1.54, 1.807) is 0 Å². The lowest BCUT2D eigenvalue weighted by Crippen LogP contribution is -2.54. The van der Waals surface area contributed by atoms with Gasteiger partial charge in [0.05, 0.1) is 18.8 Å². The van der Waals surface area contributed by atoms with E-state index in [1.807, 2.05) is 0 Å². The quantitative estimate of drug-likeness (QED) is 0.800. The van der Waals surface area contributed by atoms with Crippen LogP contribution in [0, 0.1) is 0 Å². The molecule has 0 unspecified atom stereocenters. The van der Waals surface area contributed by atoms with Crippen LogP contribution in [0.2, 0.25) is 0 Å². The highest BCUT2D eigenvalue weighted by atomic mass is 16.5. The molecule has 0 aromatic rings. The molecule has 6 heteroatoms. The normalized spacial score (nSPS) is 37.5. The van der Waals surface area contributed by atoms with Gasteiger partial charge in [-0.3, -0.25) is 9.69 Å². The lowest BCUT2D eigenvalue weighted by atomic mass is 10.1. The van der Waals surface area contributed by atoms with E-state index in [1.165, 1.54) is 0 Å². The highest BCUT2D eigenvalue weighted by molar-refractivity contribution is 5.82. The first-order valence-electron chi connectivity index (χ1n) is 8.64. The maximum Gasteiger partial charge on any atom is 0.253 e. The zero-order valence-corrected chi connectivity index (χ0v) is 13.8. The van der Waals surface area contributed by atoms with Gasteiger partial charge in [0.1, 0.15) is 6.10 Å². The Morgan fingerprint density at radius 1 is 1.27 bits per heavy atom. The summed E-state index contributed by atoms with van der Waals surface area (Å²) in [4.78, 5) is 17.2. The van der Waals surface area contributed by atoms with Gasteiger partial charge >= 0.3 is 0 Å². The van der Waals surface area contributed by atoms with E-state index in [0.717, 1.165) is 45.6 Å². The van der Waals surface area contributed by atoms with E-state index in [0.29, 0.717) is 19.2 Å². The Morgan fingerprint density at radius 2 is 2.05 bits per heavy atom. The second-order valence-corrected chi connectivity index (χ2v) is 6.87. The van der Waals surface area contributed by atoms with Crippen LogP contribution in [0.5, 0.6) is 0 Å². The molecule has 0 bridgehead atoms. The molecule has 3 fully saturated rings. The first-order chi connectivity index (χ1) is 10.6. The van der Waals surface area contributed by atoms with Gasteiger partial charge in [-0.15, -0.1) is 0 Å². The number of carbonyl (C=O) groups excluding carboxylic acids is 1. The Morgan fingerprint density at radius 3 is 2.73 bits per heavy atom. The van der Waals surface area contributed by atoms with Crippen molar-refractivity contribution in [3.63, 3.8) is 0 Å². The predicted octanol–water partition coefficient (Wildman–Crippen LogP) is 0.0750. The van der Waals surface area contributed by atoms with E-state index in [2.05, 4.69) is 29.0 Å². The molecule has 6 nitrogen and oxygen atoms in total. The molecule has 3 aliphatic heterocycles. The summed E-state index contributed by atoms with van der Waals surface area (Å²) in [7, 11) is 0. The third-order valence-corrected chi connectivity index (χ3v) is 4.83. The van der Waals surface area contributed by atoms with Gasteiger partial charge in [0, 0.05) is 45.3 Å². The minimum atomic E-state index is -0.295. The Labute approximate surface area is 133 Å². The summed E-state index contributed by atoms with van der Waals surface area (Å²) in [5.74, 6) is 0.170. The number of nitrogens with one attached hydrogen (secondary N) is 1. The highest BCUT2D eigenvalue weighted by Gasteiger charge is 2.36. The van der Waals surface area contributed by atoms with Gasteiger partial charge in [0.2, 0.25) is 0 Å². The van der Waals surface area contributed by atoms with Gasteiger partial charge < -0.3 is 19.7 Å². The van der Waals surface area contributed by atoms with Crippen LogP contribution in [0.4, 0.5) is 0 Å². The number of amides is 1. The molecule has 0 aromatic carbocycles. The first kappa shape index (κ1) is 16.2. The molecule has 4 atom stereocenters. The fourth-order valence-electron chi connectivity index (χ4n) is 3.96. The number of morpholine rings is 2. The largest absolute Gasteiger partial charge is 0.373 e. The average Bonchev–Trinajstić information content (AvgIpc) is 2.94. The summed E-state index contributed by atoms with van der Waals surface area (Å²) in [6.45, 7) is 10.1. The van der Waals surface area contributed by atoms with Gasteiger partial charge in [-0.25, -0.2) is 0 Å². The van der Waals surface area contributed by atoms with Gasteiger partial charge in [-0.1, -0.05) is 0 Å². The summed E-state index contributed by atoms with van der Waals surface area (Å²) in [6.07, 6.45) is 2.47. The molecular weight excluding hydrogens is 282 g/mol. The summed E-state index contributed by atoms with van der Waals surface area (Å²) < 4.78 is 11.4. The summed E-state index contributed by atoms with van der Waals surface area (Å²) in [5, 5.41) is 3.25. The van der Waals surface area contributed by atoms with Crippen LogP contribution in [-0.4, -0.2) is 85.9 Å². The second kappa shape index (κ2) is 7.25. The van der Waals surface area contributed by atoms with Crippen molar-refractivity contribution in [3.05, 3.63) is 0 Å². The van der Waals surface area contributed by atoms with Crippen molar-refractivity contribution >= 4 is 5.91 Å². The first-order valence-corrected chi connectivity index (χ1v) is 8.64. The van der Waals surface area contributed by atoms with Crippen molar-refractivity contribution in [1.82, 2.24) is 15.1 Å². The van der Waals surface area contributed by atoms with Crippen LogP contribution in [0.3, 0.4) is 0 Å². The van der Waals surface area contributed by atoms with Gasteiger partial charge in [-0.05, 0) is 26.7 Å². The van der Waals surface area contributed by atoms with E-state index in [9.17, 15) is 4.79 Å². The molecule has 1 N–H and O–H groups in total. The molecule has 0 aliphatic carbocycles. The van der Waals surface area contributed by atoms with Gasteiger partial charge in [0.15, 0.2) is 0 Å². The predicted molar refractivity (Wildman–Crippen MR) is 83.8 cm³/mol. The molecular formula is C16H29N3O3. The Kier molecular flexibility index (Phi) is 5.33. The van der Waals surface area contributed by atoms with Crippen molar-refractivity contribution in [2.24, 2.45) is 0 Å². The summed E-state index contributed by atoms with van der Waals surface area (Å²) in [6, 6.07) is 0.329. The number of rotatable bonds is 3. The van der Waals surface area contributed by atoms with E-state index >= 15 is 0 Å². The Balaban J connectivity index is 1.57. The maximum absolute atomic E-state index is 12.7. The lowest BCUT2D eigenvalue weighted by Gasteiger charge is -2.39. The van der Waals surface area contributed by atoms with Crippen molar-refractivity contribution < 1.29 is 14.3 Å². The number of likely N-dealkylation sites (tertiary alicyclic amines) is 1. The fraction of sp³-hybridized carbons (Fsp3) is 0.938. The molecule has 3 aliphatic rings. The van der Waals surface area contributed by atoms with Crippen LogP contribution in [0.1, 0.15) is 26.7 Å². The SMILES string of the molecule is C[C@@H]1CN(C[C@@H]2CCCN2C(=O)[C@@H]2CNCCO2)C[C@@H](C)O1. The third kappa shape index (κ3) is 3.79. The molecule has 1 amide bonds.